The number of nitrogens with two attached hydrogens (primary N) is 1. The number of carbonyl (C=O) groups is 1. The van der Waals surface area contributed by atoms with Crippen LogP contribution < -0.4 is 15.5 Å². The van der Waals surface area contributed by atoms with E-state index in [1.54, 1.807) is 5.51 Å². The van der Waals surface area contributed by atoms with Crippen molar-refractivity contribution in [2.75, 3.05) is 49.3 Å². The SMILES string of the molecule is C[C@H]1CN(C(=O)Cc2ccc(N(C)C)cc2)CCN1c1nc(N)nc2scnc12. The fraction of sp³-hybridized carbons (Fsp3) is 0.400. The van der Waals surface area contributed by atoms with Crippen molar-refractivity contribution in [1.82, 2.24) is 19.9 Å². The molecule has 1 aliphatic heterocycles. The van der Waals surface area contributed by atoms with Gasteiger partial charge in [0.1, 0.15) is 5.52 Å². The largest absolute Gasteiger partial charge is 0.378 e. The average Bonchev–Trinajstić information content (AvgIpc) is 3.16. The maximum Gasteiger partial charge on any atom is 0.227 e. The molecule has 0 bridgehead atoms. The summed E-state index contributed by atoms with van der Waals surface area (Å²) in [6.07, 6.45) is 0.414. The van der Waals surface area contributed by atoms with Crippen molar-refractivity contribution in [3.63, 3.8) is 0 Å². The van der Waals surface area contributed by atoms with Crippen LogP contribution in [0.3, 0.4) is 0 Å². The number of fused-ring (bicyclic) bond motifs is 1. The van der Waals surface area contributed by atoms with Gasteiger partial charge in [0.2, 0.25) is 11.9 Å². The lowest BCUT2D eigenvalue weighted by Crippen LogP contribution is -2.54. The van der Waals surface area contributed by atoms with E-state index in [0.717, 1.165) is 27.4 Å². The van der Waals surface area contributed by atoms with E-state index in [1.165, 1.54) is 11.3 Å². The Kier molecular flexibility index (Phi) is 5.23. The molecule has 0 aliphatic carbocycles. The van der Waals surface area contributed by atoms with E-state index in [-0.39, 0.29) is 17.9 Å². The second kappa shape index (κ2) is 7.82. The maximum absolute atomic E-state index is 12.8. The quantitative estimate of drug-likeness (QED) is 0.702. The lowest BCUT2D eigenvalue weighted by atomic mass is 10.1. The highest BCUT2D eigenvalue weighted by atomic mass is 32.1. The minimum atomic E-state index is 0.114. The average molecular weight is 412 g/mol. The highest BCUT2D eigenvalue weighted by molar-refractivity contribution is 7.16. The molecule has 1 aromatic carbocycles. The van der Waals surface area contributed by atoms with E-state index in [4.69, 9.17) is 5.73 Å². The normalized spacial score (nSPS) is 17.0. The highest BCUT2D eigenvalue weighted by Crippen LogP contribution is 2.28. The Hall–Kier alpha value is -2.94. The predicted octanol–water partition coefficient (Wildman–Crippen LogP) is 2.01. The number of thiazole rings is 1. The number of hydrogen-bond donors (Lipinski definition) is 1. The molecule has 0 saturated carbocycles. The lowest BCUT2D eigenvalue weighted by molar-refractivity contribution is -0.131. The Morgan fingerprint density at radius 3 is 2.69 bits per heavy atom. The van der Waals surface area contributed by atoms with Crippen LogP contribution in [0.2, 0.25) is 0 Å². The van der Waals surface area contributed by atoms with Gasteiger partial charge in [0.25, 0.3) is 0 Å². The first-order valence-corrected chi connectivity index (χ1v) is 10.5. The first-order valence-electron chi connectivity index (χ1n) is 9.60. The maximum atomic E-state index is 12.8. The summed E-state index contributed by atoms with van der Waals surface area (Å²) < 4.78 is 0. The Labute approximate surface area is 174 Å². The smallest absolute Gasteiger partial charge is 0.227 e. The Morgan fingerprint density at radius 2 is 2.00 bits per heavy atom. The van der Waals surface area contributed by atoms with Crippen molar-refractivity contribution in [3.8, 4) is 0 Å². The number of benzene rings is 1. The first-order chi connectivity index (χ1) is 13.9. The van der Waals surface area contributed by atoms with Crippen molar-refractivity contribution in [1.29, 1.82) is 0 Å². The van der Waals surface area contributed by atoms with Gasteiger partial charge in [-0.1, -0.05) is 12.1 Å². The number of amides is 1. The van der Waals surface area contributed by atoms with Crippen LogP contribution in [0.4, 0.5) is 17.5 Å². The molecule has 29 heavy (non-hydrogen) atoms. The minimum absolute atomic E-state index is 0.114. The van der Waals surface area contributed by atoms with Crippen molar-refractivity contribution in [3.05, 3.63) is 35.3 Å². The van der Waals surface area contributed by atoms with Crippen LogP contribution in [-0.4, -0.2) is 65.5 Å². The topological polar surface area (TPSA) is 91.5 Å². The number of rotatable bonds is 4. The third-order valence-corrected chi connectivity index (χ3v) is 5.98. The van der Waals surface area contributed by atoms with Crippen molar-refractivity contribution >= 4 is 45.0 Å². The Balaban J connectivity index is 1.44. The molecule has 1 amide bonds. The van der Waals surface area contributed by atoms with E-state index in [2.05, 4.69) is 26.8 Å². The number of nitrogen functional groups attached to an aromatic ring is 1. The van der Waals surface area contributed by atoms with Gasteiger partial charge in [-0.05, 0) is 24.6 Å². The van der Waals surface area contributed by atoms with Crippen LogP contribution in [0.5, 0.6) is 0 Å². The Bertz CT molecular complexity index is 1020. The fourth-order valence-corrected chi connectivity index (χ4v) is 4.32. The molecule has 9 heteroatoms. The number of carbonyl (C=O) groups excluding carboxylic acids is 1. The Morgan fingerprint density at radius 1 is 1.24 bits per heavy atom. The second-order valence-corrected chi connectivity index (χ2v) is 8.36. The molecule has 152 valence electrons. The van der Waals surface area contributed by atoms with Crippen LogP contribution in [0.25, 0.3) is 10.3 Å². The van der Waals surface area contributed by atoms with Crippen LogP contribution in [0.15, 0.2) is 29.8 Å². The molecule has 0 unspecified atom stereocenters. The first kappa shape index (κ1) is 19.4. The third-order valence-electron chi connectivity index (χ3n) is 5.26. The van der Waals surface area contributed by atoms with Gasteiger partial charge < -0.3 is 20.4 Å². The molecule has 1 atom stereocenters. The van der Waals surface area contributed by atoms with Gasteiger partial charge in [-0.25, -0.2) is 9.97 Å². The molecule has 1 aliphatic rings. The summed E-state index contributed by atoms with van der Waals surface area (Å²) in [7, 11) is 4.01. The molecular weight excluding hydrogens is 386 g/mol. The van der Waals surface area contributed by atoms with Gasteiger partial charge in [0, 0.05) is 45.5 Å². The van der Waals surface area contributed by atoms with E-state index in [0.29, 0.717) is 26.1 Å². The zero-order valence-corrected chi connectivity index (χ0v) is 17.7. The standard InChI is InChI=1S/C20H25N7OS/c1-13-11-26(16(28)10-14-4-6-15(7-5-14)25(2)3)8-9-27(13)18-17-19(29-12-22-17)24-20(21)23-18/h4-7,12-13H,8-11H2,1-3H3,(H2,21,23,24)/t13-/m0/s1. The molecule has 8 nitrogen and oxygen atoms in total. The summed E-state index contributed by atoms with van der Waals surface area (Å²) in [5.74, 6) is 1.16. The van der Waals surface area contributed by atoms with Crippen LogP contribution in [0.1, 0.15) is 12.5 Å². The van der Waals surface area contributed by atoms with Gasteiger partial charge in [-0.2, -0.15) is 4.98 Å². The summed E-state index contributed by atoms with van der Waals surface area (Å²) in [4.78, 5) is 32.9. The zero-order chi connectivity index (χ0) is 20.5. The lowest BCUT2D eigenvalue weighted by Gasteiger charge is -2.40. The van der Waals surface area contributed by atoms with Gasteiger partial charge >= 0.3 is 0 Å². The molecule has 4 rings (SSSR count). The van der Waals surface area contributed by atoms with E-state index in [9.17, 15) is 4.79 Å². The minimum Gasteiger partial charge on any atom is -0.378 e. The third kappa shape index (κ3) is 3.95. The fourth-order valence-electron chi connectivity index (χ4n) is 3.66. The van der Waals surface area contributed by atoms with Crippen LogP contribution >= 0.6 is 11.3 Å². The number of nitrogens with zero attached hydrogens (tertiary/aromatic N) is 6. The predicted molar refractivity (Wildman–Crippen MR) is 117 cm³/mol. The zero-order valence-electron chi connectivity index (χ0n) is 16.9. The van der Waals surface area contributed by atoms with E-state index < -0.39 is 0 Å². The molecule has 2 N–H and O–H groups in total. The van der Waals surface area contributed by atoms with Gasteiger partial charge in [0.05, 0.1) is 11.9 Å². The molecular formula is C20H25N7OS. The summed E-state index contributed by atoms with van der Waals surface area (Å²) in [5, 5.41) is 0. The monoisotopic (exact) mass is 411 g/mol. The molecule has 1 fully saturated rings. The van der Waals surface area contributed by atoms with Crippen molar-refractivity contribution in [2.24, 2.45) is 0 Å². The van der Waals surface area contributed by atoms with Crippen LogP contribution in [0, 0.1) is 0 Å². The number of hydrogen-bond acceptors (Lipinski definition) is 8. The molecule has 2 aromatic heterocycles. The van der Waals surface area contributed by atoms with Gasteiger partial charge in [-0.15, -0.1) is 11.3 Å². The number of aromatic nitrogens is 3. The van der Waals surface area contributed by atoms with Gasteiger partial charge in [-0.3, -0.25) is 4.79 Å². The molecule has 3 heterocycles. The molecule has 3 aromatic rings. The number of anilines is 3. The van der Waals surface area contributed by atoms with E-state index >= 15 is 0 Å². The number of piperazine rings is 1. The summed E-state index contributed by atoms with van der Waals surface area (Å²) in [5.41, 5.74) is 10.6. The van der Waals surface area contributed by atoms with Crippen molar-refractivity contribution < 1.29 is 4.79 Å². The summed E-state index contributed by atoms with van der Waals surface area (Å²) in [6, 6.07) is 8.25. The second-order valence-electron chi connectivity index (χ2n) is 7.53. The van der Waals surface area contributed by atoms with Crippen LogP contribution in [-0.2, 0) is 11.2 Å². The van der Waals surface area contributed by atoms with E-state index in [1.807, 2.05) is 48.2 Å². The summed E-state index contributed by atoms with van der Waals surface area (Å²) in [6.45, 7) is 4.08. The molecule has 0 spiro atoms. The van der Waals surface area contributed by atoms with Crippen molar-refractivity contribution in [2.45, 2.75) is 19.4 Å². The molecule has 0 radical (unpaired) electrons. The molecule has 1 saturated heterocycles. The highest BCUT2D eigenvalue weighted by Gasteiger charge is 2.29. The van der Waals surface area contributed by atoms with Gasteiger partial charge in [0.15, 0.2) is 10.6 Å². The summed E-state index contributed by atoms with van der Waals surface area (Å²) >= 11 is 1.45.